The van der Waals surface area contributed by atoms with Crippen LogP contribution in [0.4, 0.5) is 10.5 Å². The molecule has 0 aromatic heterocycles. The number of hydrogen-bond donors (Lipinski definition) is 1. The van der Waals surface area contributed by atoms with Crippen LogP contribution in [0.5, 0.6) is 5.75 Å². The number of imide groups is 2. The quantitative estimate of drug-likeness (QED) is 0.447. The molecule has 0 radical (unpaired) electrons. The maximum absolute atomic E-state index is 12.9. The van der Waals surface area contributed by atoms with Crippen LogP contribution in [0.2, 0.25) is 5.02 Å². The number of amides is 4. The molecular formula is C25H19ClN2O4. The fourth-order valence-electron chi connectivity index (χ4n) is 3.28. The number of barbiturate groups is 1. The molecule has 0 saturated carbocycles. The minimum absolute atomic E-state index is 0.145. The number of anilines is 1. The fourth-order valence-corrected chi connectivity index (χ4v) is 3.40. The summed E-state index contributed by atoms with van der Waals surface area (Å²) in [6, 6.07) is 20.4. The average molecular weight is 447 g/mol. The van der Waals surface area contributed by atoms with Crippen molar-refractivity contribution in [2.24, 2.45) is 0 Å². The maximum atomic E-state index is 12.9. The van der Waals surface area contributed by atoms with Crippen LogP contribution in [0, 0.1) is 6.92 Å². The van der Waals surface area contributed by atoms with Crippen molar-refractivity contribution in [1.29, 1.82) is 0 Å². The van der Waals surface area contributed by atoms with Crippen LogP contribution in [0.25, 0.3) is 6.08 Å². The fraction of sp³-hybridized carbons (Fsp3) is 0.0800. The molecule has 4 rings (SSSR count). The molecule has 4 amide bonds. The van der Waals surface area contributed by atoms with Crippen molar-refractivity contribution in [3.05, 3.63) is 100 Å². The van der Waals surface area contributed by atoms with Gasteiger partial charge in [0.2, 0.25) is 0 Å². The van der Waals surface area contributed by atoms with Crippen molar-refractivity contribution in [3.8, 4) is 5.75 Å². The van der Waals surface area contributed by atoms with Crippen LogP contribution in [-0.4, -0.2) is 17.8 Å². The lowest BCUT2D eigenvalue weighted by molar-refractivity contribution is -0.122. The first-order valence-electron chi connectivity index (χ1n) is 9.86. The van der Waals surface area contributed by atoms with Gasteiger partial charge >= 0.3 is 6.03 Å². The van der Waals surface area contributed by atoms with E-state index in [1.807, 2.05) is 25.1 Å². The van der Waals surface area contributed by atoms with Crippen LogP contribution < -0.4 is 15.0 Å². The van der Waals surface area contributed by atoms with Gasteiger partial charge in [0.1, 0.15) is 17.9 Å². The highest BCUT2D eigenvalue weighted by Crippen LogP contribution is 2.24. The number of aryl methyl sites for hydroxylation is 1. The Morgan fingerprint density at radius 3 is 2.38 bits per heavy atom. The van der Waals surface area contributed by atoms with Crippen molar-refractivity contribution < 1.29 is 19.1 Å². The number of benzene rings is 3. The van der Waals surface area contributed by atoms with Crippen molar-refractivity contribution in [2.75, 3.05) is 4.90 Å². The maximum Gasteiger partial charge on any atom is 0.335 e. The van der Waals surface area contributed by atoms with Gasteiger partial charge in [-0.15, -0.1) is 0 Å². The topological polar surface area (TPSA) is 75.7 Å². The molecule has 0 spiro atoms. The summed E-state index contributed by atoms with van der Waals surface area (Å²) in [5.74, 6) is -0.795. The number of carbonyl (C=O) groups is 3. The molecule has 1 N–H and O–H groups in total. The molecule has 0 aliphatic carbocycles. The van der Waals surface area contributed by atoms with Crippen molar-refractivity contribution in [3.63, 3.8) is 0 Å². The Bertz CT molecular complexity index is 1220. The van der Waals surface area contributed by atoms with E-state index in [0.29, 0.717) is 28.6 Å². The summed E-state index contributed by atoms with van der Waals surface area (Å²) < 4.78 is 5.80. The zero-order valence-corrected chi connectivity index (χ0v) is 17.9. The third kappa shape index (κ3) is 4.71. The van der Waals surface area contributed by atoms with Crippen LogP contribution in [0.1, 0.15) is 16.7 Å². The summed E-state index contributed by atoms with van der Waals surface area (Å²) >= 11 is 5.88. The number of rotatable bonds is 5. The monoisotopic (exact) mass is 446 g/mol. The minimum Gasteiger partial charge on any atom is -0.489 e. The highest BCUT2D eigenvalue weighted by atomic mass is 35.5. The number of hydrogen-bond acceptors (Lipinski definition) is 4. The molecule has 1 heterocycles. The van der Waals surface area contributed by atoms with E-state index in [4.69, 9.17) is 16.3 Å². The molecule has 1 saturated heterocycles. The number of nitrogens with zero attached hydrogens (tertiary/aromatic N) is 1. The summed E-state index contributed by atoms with van der Waals surface area (Å²) in [7, 11) is 0. The number of urea groups is 1. The minimum atomic E-state index is -0.806. The third-order valence-corrected chi connectivity index (χ3v) is 5.12. The van der Waals surface area contributed by atoms with Gasteiger partial charge in [-0.05, 0) is 60.5 Å². The van der Waals surface area contributed by atoms with E-state index < -0.39 is 17.8 Å². The smallest absolute Gasteiger partial charge is 0.335 e. The van der Waals surface area contributed by atoms with Gasteiger partial charge in [0.15, 0.2) is 0 Å². The first-order valence-corrected chi connectivity index (χ1v) is 10.2. The van der Waals surface area contributed by atoms with Crippen LogP contribution in [-0.2, 0) is 16.2 Å². The summed E-state index contributed by atoms with van der Waals surface area (Å²) in [4.78, 5) is 38.4. The molecule has 0 unspecified atom stereocenters. The Morgan fingerprint density at radius 2 is 1.69 bits per heavy atom. The molecule has 1 aliphatic rings. The first-order chi connectivity index (χ1) is 15.4. The second-order valence-corrected chi connectivity index (χ2v) is 7.72. The van der Waals surface area contributed by atoms with E-state index in [9.17, 15) is 14.4 Å². The molecule has 6 nitrogen and oxygen atoms in total. The lowest BCUT2D eigenvalue weighted by Crippen LogP contribution is -2.54. The SMILES string of the molecule is Cc1cccc(COc2ccc(/C=C3\C(=O)NC(=O)N(c4ccc(Cl)cc4)C3=O)cc2)c1. The van der Waals surface area contributed by atoms with E-state index in [1.54, 1.807) is 36.4 Å². The van der Waals surface area contributed by atoms with Crippen LogP contribution in [0.15, 0.2) is 78.4 Å². The van der Waals surface area contributed by atoms with Gasteiger partial charge in [-0.1, -0.05) is 53.6 Å². The van der Waals surface area contributed by atoms with Gasteiger partial charge < -0.3 is 4.74 Å². The Labute approximate surface area is 190 Å². The lowest BCUT2D eigenvalue weighted by Gasteiger charge is -2.26. The molecule has 3 aromatic rings. The molecule has 1 fully saturated rings. The lowest BCUT2D eigenvalue weighted by atomic mass is 10.1. The molecular weight excluding hydrogens is 428 g/mol. The third-order valence-electron chi connectivity index (χ3n) is 4.87. The van der Waals surface area contributed by atoms with Gasteiger partial charge in [-0.3, -0.25) is 14.9 Å². The molecule has 0 atom stereocenters. The van der Waals surface area contributed by atoms with E-state index in [0.717, 1.165) is 16.0 Å². The Hall–Kier alpha value is -3.90. The van der Waals surface area contributed by atoms with E-state index in [-0.39, 0.29) is 5.57 Å². The first kappa shape index (κ1) is 21.3. The standard InChI is InChI=1S/C25H19ClN2O4/c1-16-3-2-4-18(13-16)15-32-21-11-5-17(6-12-21)14-22-23(29)27-25(31)28(24(22)30)20-9-7-19(26)8-10-20/h2-14H,15H2,1H3,(H,27,29,31)/b22-14+. The molecule has 32 heavy (non-hydrogen) atoms. The van der Waals surface area contributed by atoms with Crippen LogP contribution >= 0.6 is 11.6 Å². The van der Waals surface area contributed by atoms with E-state index in [2.05, 4.69) is 11.4 Å². The summed E-state index contributed by atoms with van der Waals surface area (Å²) in [5, 5.41) is 2.67. The predicted molar refractivity (Wildman–Crippen MR) is 122 cm³/mol. The van der Waals surface area contributed by atoms with Crippen molar-refractivity contribution in [2.45, 2.75) is 13.5 Å². The number of halogens is 1. The summed E-state index contributed by atoms with van der Waals surface area (Å²) in [6.07, 6.45) is 1.44. The highest BCUT2D eigenvalue weighted by molar-refractivity contribution is 6.39. The van der Waals surface area contributed by atoms with Gasteiger partial charge in [-0.25, -0.2) is 9.69 Å². The average Bonchev–Trinajstić information content (AvgIpc) is 2.77. The molecule has 0 bridgehead atoms. The number of nitrogens with one attached hydrogen (secondary N) is 1. The van der Waals surface area contributed by atoms with Gasteiger partial charge in [0, 0.05) is 5.02 Å². The molecule has 7 heteroatoms. The Morgan fingerprint density at radius 1 is 0.969 bits per heavy atom. The number of ether oxygens (including phenoxy) is 1. The van der Waals surface area contributed by atoms with Crippen molar-refractivity contribution in [1.82, 2.24) is 5.32 Å². The van der Waals surface area contributed by atoms with Gasteiger partial charge in [0.05, 0.1) is 5.69 Å². The number of carbonyl (C=O) groups excluding carboxylic acids is 3. The molecule has 1 aliphatic heterocycles. The largest absolute Gasteiger partial charge is 0.489 e. The normalized spacial score (nSPS) is 15.1. The summed E-state index contributed by atoms with van der Waals surface area (Å²) in [5.41, 5.74) is 3.02. The van der Waals surface area contributed by atoms with Crippen molar-refractivity contribution >= 4 is 41.2 Å². The molecule has 160 valence electrons. The highest BCUT2D eigenvalue weighted by Gasteiger charge is 2.36. The van der Waals surface area contributed by atoms with Crippen LogP contribution in [0.3, 0.4) is 0 Å². The molecule has 3 aromatic carbocycles. The zero-order valence-electron chi connectivity index (χ0n) is 17.2. The second-order valence-electron chi connectivity index (χ2n) is 7.28. The Balaban J connectivity index is 1.51. The van der Waals surface area contributed by atoms with E-state index >= 15 is 0 Å². The van der Waals surface area contributed by atoms with Gasteiger partial charge in [-0.2, -0.15) is 0 Å². The predicted octanol–water partition coefficient (Wildman–Crippen LogP) is 4.89. The van der Waals surface area contributed by atoms with E-state index in [1.165, 1.54) is 18.2 Å². The second kappa shape index (κ2) is 9.08. The Kier molecular flexibility index (Phi) is 6.05. The van der Waals surface area contributed by atoms with Gasteiger partial charge in [0.25, 0.3) is 11.8 Å². The summed E-state index contributed by atoms with van der Waals surface area (Å²) in [6.45, 7) is 2.46. The zero-order chi connectivity index (χ0) is 22.7.